The standard InChI is InChI=1S/C14H21BrN2O/c1-14(2,3)12(16)13(18)17(4)9-10-6-5-7-11(15)8-10/h5-8,12H,9,16H2,1-4H3/t12-/m1/s1. The molecule has 1 aromatic rings. The molecule has 1 rings (SSSR count). The summed E-state index contributed by atoms with van der Waals surface area (Å²) in [7, 11) is 1.79. The molecule has 0 aliphatic carbocycles. The van der Waals surface area contributed by atoms with Crippen molar-refractivity contribution >= 4 is 21.8 Å². The van der Waals surface area contributed by atoms with Crippen LogP contribution in [-0.4, -0.2) is 23.9 Å². The van der Waals surface area contributed by atoms with Gasteiger partial charge in [0.1, 0.15) is 0 Å². The van der Waals surface area contributed by atoms with Crippen molar-refractivity contribution in [2.75, 3.05) is 7.05 Å². The third-order valence-electron chi connectivity index (χ3n) is 2.88. The number of hydrogen-bond donors (Lipinski definition) is 1. The minimum atomic E-state index is -0.477. The van der Waals surface area contributed by atoms with Gasteiger partial charge < -0.3 is 10.6 Å². The average molecular weight is 313 g/mol. The highest BCUT2D eigenvalue weighted by Crippen LogP contribution is 2.20. The molecule has 0 aliphatic rings. The van der Waals surface area contributed by atoms with E-state index in [0.29, 0.717) is 6.54 Å². The average Bonchev–Trinajstić information content (AvgIpc) is 2.25. The van der Waals surface area contributed by atoms with Gasteiger partial charge in [-0.2, -0.15) is 0 Å². The van der Waals surface area contributed by atoms with Crippen molar-refractivity contribution < 1.29 is 4.79 Å². The van der Waals surface area contributed by atoms with Crippen molar-refractivity contribution in [1.82, 2.24) is 4.90 Å². The Balaban J connectivity index is 2.71. The quantitative estimate of drug-likeness (QED) is 0.933. The summed E-state index contributed by atoms with van der Waals surface area (Å²) in [5.41, 5.74) is 6.84. The number of rotatable bonds is 3. The van der Waals surface area contributed by atoms with Gasteiger partial charge in [0.2, 0.25) is 5.91 Å². The van der Waals surface area contributed by atoms with E-state index in [4.69, 9.17) is 5.73 Å². The van der Waals surface area contributed by atoms with Crippen molar-refractivity contribution in [3.8, 4) is 0 Å². The summed E-state index contributed by atoms with van der Waals surface area (Å²) >= 11 is 3.42. The van der Waals surface area contributed by atoms with Gasteiger partial charge in [-0.05, 0) is 23.1 Å². The molecule has 1 atom stereocenters. The Morgan fingerprint density at radius 1 is 1.44 bits per heavy atom. The Labute approximate surface area is 117 Å². The van der Waals surface area contributed by atoms with Crippen LogP contribution in [-0.2, 0) is 11.3 Å². The van der Waals surface area contributed by atoms with E-state index in [9.17, 15) is 4.79 Å². The lowest BCUT2D eigenvalue weighted by Gasteiger charge is -2.30. The smallest absolute Gasteiger partial charge is 0.240 e. The maximum absolute atomic E-state index is 12.2. The monoisotopic (exact) mass is 312 g/mol. The van der Waals surface area contributed by atoms with Crippen LogP contribution in [0, 0.1) is 5.41 Å². The van der Waals surface area contributed by atoms with Crippen molar-refractivity contribution in [3.05, 3.63) is 34.3 Å². The Morgan fingerprint density at radius 3 is 2.56 bits per heavy atom. The second-order valence-corrected chi connectivity index (χ2v) is 6.58. The van der Waals surface area contributed by atoms with Crippen LogP contribution in [0.25, 0.3) is 0 Å². The SMILES string of the molecule is CN(Cc1cccc(Br)c1)C(=O)[C@@H](N)C(C)(C)C. The van der Waals surface area contributed by atoms with Gasteiger partial charge >= 0.3 is 0 Å². The van der Waals surface area contributed by atoms with Crippen LogP contribution in [0.4, 0.5) is 0 Å². The van der Waals surface area contributed by atoms with Crippen molar-refractivity contribution in [1.29, 1.82) is 0 Å². The van der Waals surface area contributed by atoms with Crippen LogP contribution in [0.5, 0.6) is 0 Å². The predicted molar refractivity (Wildman–Crippen MR) is 78.0 cm³/mol. The molecule has 4 heteroatoms. The minimum Gasteiger partial charge on any atom is -0.340 e. The third-order valence-corrected chi connectivity index (χ3v) is 3.38. The molecule has 1 amide bonds. The van der Waals surface area contributed by atoms with Gasteiger partial charge in [0.05, 0.1) is 6.04 Å². The Bertz CT molecular complexity index is 426. The molecular formula is C14H21BrN2O. The minimum absolute atomic E-state index is 0.0255. The summed E-state index contributed by atoms with van der Waals surface area (Å²) in [5, 5.41) is 0. The van der Waals surface area contributed by atoms with Gasteiger partial charge in [0, 0.05) is 18.1 Å². The van der Waals surface area contributed by atoms with Gasteiger partial charge in [-0.25, -0.2) is 0 Å². The highest BCUT2D eigenvalue weighted by molar-refractivity contribution is 9.10. The Hall–Kier alpha value is -0.870. The fourth-order valence-electron chi connectivity index (χ4n) is 1.59. The zero-order chi connectivity index (χ0) is 13.9. The number of carbonyl (C=O) groups is 1. The number of nitrogens with zero attached hydrogens (tertiary/aromatic N) is 1. The normalized spacial score (nSPS) is 13.2. The van der Waals surface area contributed by atoms with E-state index in [1.807, 2.05) is 45.0 Å². The van der Waals surface area contributed by atoms with Crippen LogP contribution in [0.2, 0.25) is 0 Å². The molecule has 0 heterocycles. The molecular weight excluding hydrogens is 292 g/mol. The maximum Gasteiger partial charge on any atom is 0.240 e. The second-order valence-electron chi connectivity index (χ2n) is 5.67. The third kappa shape index (κ3) is 4.10. The molecule has 0 radical (unpaired) electrons. The predicted octanol–water partition coefficient (Wildman–Crippen LogP) is 2.78. The largest absolute Gasteiger partial charge is 0.340 e. The zero-order valence-electron chi connectivity index (χ0n) is 11.4. The number of nitrogens with two attached hydrogens (primary N) is 1. The first kappa shape index (κ1) is 15.2. The van der Waals surface area contributed by atoms with Crippen LogP contribution < -0.4 is 5.73 Å². The molecule has 0 saturated heterocycles. The molecule has 0 unspecified atom stereocenters. The number of halogens is 1. The van der Waals surface area contributed by atoms with Gasteiger partial charge in [0.25, 0.3) is 0 Å². The fraction of sp³-hybridized carbons (Fsp3) is 0.500. The van der Waals surface area contributed by atoms with Crippen molar-refractivity contribution in [2.24, 2.45) is 11.1 Å². The summed E-state index contributed by atoms with van der Waals surface area (Å²) in [6.07, 6.45) is 0. The molecule has 0 saturated carbocycles. The molecule has 0 aliphatic heterocycles. The topological polar surface area (TPSA) is 46.3 Å². The van der Waals surface area contributed by atoms with E-state index in [-0.39, 0.29) is 11.3 Å². The van der Waals surface area contributed by atoms with Gasteiger partial charge in [-0.3, -0.25) is 4.79 Å². The highest BCUT2D eigenvalue weighted by Gasteiger charge is 2.29. The summed E-state index contributed by atoms with van der Waals surface area (Å²) in [4.78, 5) is 13.8. The van der Waals surface area contributed by atoms with Crippen molar-refractivity contribution in [3.63, 3.8) is 0 Å². The summed E-state index contributed by atoms with van der Waals surface area (Å²) in [5.74, 6) is -0.0255. The summed E-state index contributed by atoms with van der Waals surface area (Å²) < 4.78 is 1.01. The molecule has 2 N–H and O–H groups in total. The lowest BCUT2D eigenvalue weighted by molar-refractivity contribution is -0.134. The van der Waals surface area contributed by atoms with Crippen LogP contribution in [0.15, 0.2) is 28.7 Å². The molecule has 1 aromatic carbocycles. The van der Waals surface area contributed by atoms with Crippen LogP contribution in [0.1, 0.15) is 26.3 Å². The van der Waals surface area contributed by atoms with E-state index in [1.54, 1.807) is 11.9 Å². The first-order valence-electron chi connectivity index (χ1n) is 5.97. The van der Waals surface area contributed by atoms with Crippen molar-refractivity contribution in [2.45, 2.75) is 33.4 Å². The molecule has 3 nitrogen and oxygen atoms in total. The van der Waals surface area contributed by atoms with Crippen LogP contribution >= 0.6 is 15.9 Å². The molecule has 0 aromatic heterocycles. The van der Waals surface area contributed by atoms with Gasteiger partial charge in [0.15, 0.2) is 0 Å². The number of carbonyl (C=O) groups excluding carboxylic acids is 1. The van der Waals surface area contributed by atoms with E-state index >= 15 is 0 Å². The van der Waals surface area contributed by atoms with Crippen LogP contribution in [0.3, 0.4) is 0 Å². The maximum atomic E-state index is 12.2. The molecule has 18 heavy (non-hydrogen) atoms. The Kier molecular flexibility index (Phi) is 4.93. The summed E-state index contributed by atoms with van der Waals surface area (Å²) in [6.45, 7) is 6.50. The first-order chi connectivity index (χ1) is 8.21. The molecule has 0 spiro atoms. The number of benzene rings is 1. The van der Waals surface area contributed by atoms with E-state index in [1.165, 1.54) is 0 Å². The number of likely N-dealkylation sites (N-methyl/N-ethyl adjacent to an activating group) is 1. The van der Waals surface area contributed by atoms with E-state index in [0.717, 1.165) is 10.0 Å². The molecule has 0 bridgehead atoms. The van der Waals surface area contributed by atoms with E-state index < -0.39 is 6.04 Å². The lowest BCUT2D eigenvalue weighted by atomic mass is 9.86. The molecule has 100 valence electrons. The van der Waals surface area contributed by atoms with Gasteiger partial charge in [-0.1, -0.05) is 48.8 Å². The summed E-state index contributed by atoms with van der Waals surface area (Å²) in [6, 6.07) is 7.45. The van der Waals surface area contributed by atoms with Gasteiger partial charge in [-0.15, -0.1) is 0 Å². The Morgan fingerprint density at radius 2 is 2.06 bits per heavy atom. The first-order valence-corrected chi connectivity index (χ1v) is 6.76. The van der Waals surface area contributed by atoms with E-state index in [2.05, 4.69) is 15.9 Å². The zero-order valence-corrected chi connectivity index (χ0v) is 13.0. The number of hydrogen-bond acceptors (Lipinski definition) is 2. The number of amides is 1. The highest BCUT2D eigenvalue weighted by atomic mass is 79.9. The lowest BCUT2D eigenvalue weighted by Crippen LogP contribution is -2.48. The second kappa shape index (κ2) is 5.85. The molecule has 0 fully saturated rings. The fourth-order valence-corrected chi connectivity index (χ4v) is 2.04.